The first-order valence-electron chi connectivity index (χ1n) is 10.6. The van der Waals surface area contributed by atoms with Gasteiger partial charge in [-0.25, -0.2) is 0 Å². The van der Waals surface area contributed by atoms with Crippen molar-refractivity contribution in [2.75, 3.05) is 12.9 Å². The summed E-state index contributed by atoms with van der Waals surface area (Å²) in [5.74, 6) is 2.90. The number of ether oxygens (including phenoxy) is 1. The van der Waals surface area contributed by atoms with E-state index in [1.807, 2.05) is 24.3 Å². The molecule has 6 nitrogen and oxygen atoms in total. The highest BCUT2D eigenvalue weighted by atomic mass is 32.2. The van der Waals surface area contributed by atoms with Gasteiger partial charge >= 0.3 is 0 Å². The second-order valence-electron chi connectivity index (χ2n) is 7.85. The van der Waals surface area contributed by atoms with E-state index in [1.165, 1.54) is 24.6 Å². The molecular weight excluding hydrogens is 384 g/mol. The molecule has 1 fully saturated rings. The summed E-state index contributed by atoms with van der Waals surface area (Å²) in [6.45, 7) is 5.30. The number of amides is 1. The van der Waals surface area contributed by atoms with Gasteiger partial charge in [-0.3, -0.25) is 4.79 Å². The van der Waals surface area contributed by atoms with E-state index >= 15 is 0 Å². The first-order chi connectivity index (χ1) is 14.1. The Kier molecular flexibility index (Phi) is 7.98. The van der Waals surface area contributed by atoms with Crippen molar-refractivity contribution < 1.29 is 9.53 Å². The average molecular weight is 417 g/mol. The minimum absolute atomic E-state index is 0.0885. The largest absolute Gasteiger partial charge is 0.497 e. The Labute approximate surface area is 177 Å². The number of methoxy groups -OCH3 is 1. The van der Waals surface area contributed by atoms with Gasteiger partial charge in [-0.2, -0.15) is 0 Å². The van der Waals surface area contributed by atoms with Crippen molar-refractivity contribution in [1.29, 1.82) is 0 Å². The number of carbonyl (C=O) groups excluding carboxylic acids is 1. The molecule has 1 aliphatic carbocycles. The summed E-state index contributed by atoms with van der Waals surface area (Å²) in [4.78, 5) is 12.4. The van der Waals surface area contributed by atoms with Gasteiger partial charge in [-0.15, -0.1) is 10.2 Å². The number of carbonyl (C=O) groups is 1. The number of hydrogen-bond acceptors (Lipinski definition) is 5. The van der Waals surface area contributed by atoms with Crippen molar-refractivity contribution in [2.24, 2.45) is 5.92 Å². The molecule has 0 saturated heterocycles. The van der Waals surface area contributed by atoms with Gasteiger partial charge in [0.2, 0.25) is 5.91 Å². The van der Waals surface area contributed by atoms with Crippen LogP contribution < -0.4 is 10.1 Å². The molecule has 0 spiro atoms. The van der Waals surface area contributed by atoms with Gasteiger partial charge in [0.25, 0.3) is 0 Å². The van der Waals surface area contributed by atoms with Crippen LogP contribution in [-0.2, 0) is 11.3 Å². The SMILES string of the molecule is CCCCn1c(SCC(=O)NC2CCC(C)CC2)nnc1-c1ccc(OC)cc1. The molecule has 1 saturated carbocycles. The number of thioether (sulfide) groups is 1. The Morgan fingerprint density at radius 1 is 1.21 bits per heavy atom. The van der Waals surface area contributed by atoms with E-state index in [9.17, 15) is 4.79 Å². The van der Waals surface area contributed by atoms with Crippen LogP contribution in [0.3, 0.4) is 0 Å². The van der Waals surface area contributed by atoms with Crippen LogP contribution in [0.25, 0.3) is 11.4 Å². The van der Waals surface area contributed by atoms with Crippen molar-refractivity contribution >= 4 is 17.7 Å². The Balaban J connectivity index is 1.64. The van der Waals surface area contributed by atoms with E-state index in [4.69, 9.17) is 4.74 Å². The van der Waals surface area contributed by atoms with Gasteiger partial charge < -0.3 is 14.6 Å². The molecule has 0 atom stereocenters. The van der Waals surface area contributed by atoms with Crippen LogP contribution in [0.2, 0.25) is 0 Å². The lowest BCUT2D eigenvalue weighted by atomic mass is 9.87. The molecule has 158 valence electrons. The van der Waals surface area contributed by atoms with E-state index < -0.39 is 0 Å². The van der Waals surface area contributed by atoms with Crippen molar-refractivity contribution in [3.05, 3.63) is 24.3 Å². The Hall–Kier alpha value is -2.02. The molecule has 1 aliphatic rings. The second kappa shape index (κ2) is 10.7. The fraction of sp³-hybridized carbons (Fsp3) is 0.591. The van der Waals surface area contributed by atoms with E-state index in [-0.39, 0.29) is 5.91 Å². The van der Waals surface area contributed by atoms with Crippen molar-refractivity contribution in [1.82, 2.24) is 20.1 Å². The Morgan fingerprint density at radius 3 is 2.59 bits per heavy atom. The maximum Gasteiger partial charge on any atom is 0.230 e. The molecule has 1 amide bonds. The molecular formula is C22H32N4O2S. The molecule has 0 unspecified atom stereocenters. The van der Waals surface area contributed by atoms with Crippen molar-refractivity contribution in [3.63, 3.8) is 0 Å². The number of nitrogens with zero attached hydrogens (tertiary/aromatic N) is 3. The zero-order valence-electron chi connectivity index (χ0n) is 17.7. The van der Waals surface area contributed by atoms with E-state index in [0.717, 1.165) is 60.4 Å². The van der Waals surface area contributed by atoms with Gasteiger partial charge in [0, 0.05) is 18.2 Å². The summed E-state index contributed by atoms with van der Waals surface area (Å²) < 4.78 is 7.38. The maximum atomic E-state index is 12.4. The predicted molar refractivity (Wildman–Crippen MR) is 117 cm³/mol. The third kappa shape index (κ3) is 5.98. The number of unbranched alkanes of at least 4 members (excludes halogenated alkanes) is 1. The van der Waals surface area contributed by atoms with Gasteiger partial charge in [-0.05, 0) is 62.3 Å². The molecule has 7 heteroatoms. The lowest BCUT2D eigenvalue weighted by Gasteiger charge is -2.26. The van der Waals surface area contributed by atoms with Crippen molar-refractivity contribution in [3.8, 4) is 17.1 Å². The first kappa shape index (κ1) is 21.7. The topological polar surface area (TPSA) is 69.0 Å². The van der Waals surface area contributed by atoms with E-state index in [2.05, 4.69) is 33.9 Å². The van der Waals surface area contributed by atoms with Gasteiger partial charge in [0.1, 0.15) is 5.75 Å². The van der Waals surface area contributed by atoms with Crippen LogP contribution in [-0.4, -0.2) is 39.6 Å². The van der Waals surface area contributed by atoms with Gasteiger partial charge in [0.05, 0.1) is 12.9 Å². The lowest BCUT2D eigenvalue weighted by molar-refractivity contribution is -0.119. The normalized spacial score (nSPS) is 19.1. The smallest absolute Gasteiger partial charge is 0.230 e. The lowest BCUT2D eigenvalue weighted by Crippen LogP contribution is -2.38. The summed E-state index contributed by atoms with van der Waals surface area (Å²) in [6, 6.07) is 8.18. The standard InChI is InChI=1S/C22H32N4O2S/c1-4-5-14-26-21(17-8-12-19(28-3)13-9-17)24-25-22(26)29-15-20(27)23-18-10-6-16(2)7-11-18/h8-9,12-13,16,18H,4-7,10-11,14-15H2,1-3H3,(H,23,27). The number of rotatable bonds is 9. The first-order valence-corrected chi connectivity index (χ1v) is 11.6. The number of benzene rings is 1. The number of hydrogen-bond donors (Lipinski definition) is 1. The molecule has 0 radical (unpaired) electrons. The average Bonchev–Trinajstić information content (AvgIpc) is 3.15. The molecule has 2 aromatic rings. The number of aromatic nitrogens is 3. The summed E-state index contributed by atoms with van der Waals surface area (Å²) in [6.07, 6.45) is 6.72. The third-order valence-electron chi connectivity index (χ3n) is 5.51. The van der Waals surface area contributed by atoms with Crippen LogP contribution in [0.5, 0.6) is 5.75 Å². The van der Waals surface area contributed by atoms with Gasteiger partial charge in [-0.1, -0.05) is 32.0 Å². The molecule has 3 rings (SSSR count). The van der Waals surface area contributed by atoms with E-state index in [1.54, 1.807) is 7.11 Å². The maximum absolute atomic E-state index is 12.4. The molecule has 1 heterocycles. The fourth-order valence-corrected chi connectivity index (χ4v) is 4.45. The Morgan fingerprint density at radius 2 is 1.93 bits per heavy atom. The highest BCUT2D eigenvalue weighted by molar-refractivity contribution is 7.99. The molecule has 1 N–H and O–H groups in total. The summed E-state index contributed by atoms with van der Waals surface area (Å²) >= 11 is 1.47. The molecule has 0 bridgehead atoms. The van der Waals surface area contributed by atoms with Crippen LogP contribution >= 0.6 is 11.8 Å². The summed E-state index contributed by atoms with van der Waals surface area (Å²) in [7, 11) is 1.66. The second-order valence-corrected chi connectivity index (χ2v) is 8.80. The Bertz CT molecular complexity index is 783. The minimum Gasteiger partial charge on any atom is -0.497 e. The van der Waals surface area contributed by atoms with Crippen LogP contribution in [0.4, 0.5) is 0 Å². The van der Waals surface area contributed by atoms with E-state index in [0.29, 0.717) is 11.8 Å². The molecule has 1 aromatic carbocycles. The van der Waals surface area contributed by atoms with Gasteiger partial charge in [0.15, 0.2) is 11.0 Å². The number of nitrogens with one attached hydrogen (secondary N) is 1. The third-order valence-corrected chi connectivity index (χ3v) is 6.48. The monoisotopic (exact) mass is 416 g/mol. The van der Waals surface area contributed by atoms with Crippen LogP contribution in [0, 0.1) is 5.92 Å². The quantitative estimate of drug-likeness (QED) is 0.608. The van der Waals surface area contributed by atoms with Crippen LogP contribution in [0.1, 0.15) is 52.4 Å². The highest BCUT2D eigenvalue weighted by Crippen LogP contribution is 2.27. The highest BCUT2D eigenvalue weighted by Gasteiger charge is 2.21. The zero-order valence-corrected chi connectivity index (χ0v) is 18.5. The minimum atomic E-state index is 0.0885. The zero-order chi connectivity index (χ0) is 20.6. The predicted octanol–water partition coefficient (Wildman–Crippen LogP) is 4.54. The molecule has 0 aliphatic heterocycles. The summed E-state index contributed by atoms with van der Waals surface area (Å²) in [5.41, 5.74) is 1.00. The van der Waals surface area contributed by atoms with Crippen LogP contribution in [0.15, 0.2) is 29.4 Å². The molecule has 1 aromatic heterocycles. The van der Waals surface area contributed by atoms with Crippen molar-refractivity contribution in [2.45, 2.75) is 70.1 Å². The fourth-order valence-electron chi connectivity index (χ4n) is 3.67. The molecule has 29 heavy (non-hydrogen) atoms. The summed E-state index contributed by atoms with van der Waals surface area (Å²) in [5, 5.41) is 12.8.